The van der Waals surface area contributed by atoms with E-state index in [1.807, 2.05) is 32.4 Å². The molecule has 0 aliphatic heterocycles. The Bertz CT molecular complexity index is 759. The van der Waals surface area contributed by atoms with E-state index in [9.17, 15) is 0 Å². The molecule has 0 radical (unpaired) electrons. The van der Waals surface area contributed by atoms with Crippen molar-refractivity contribution in [1.82, 2.24) is 10.3 Å². The van der Waals surface area contributed by atoms with Crippen LogP contribution in [0.1, 0.15) is 51.6 Å². The van der Waals surface area contributed by atoms with Crippen molar-refractivity contribution in [3.63, 3.8) is 0 Å². The van der Waals surface area contributed by atoms with Crippen molar-refractivity contribution in [3.8, 4) is 0 Å². The largest absolute Gasteiger partial charge is 0.372 e. The Kier molecular flexibility index (Phi) is 9.05. The maximum atomic E-state index is 5.81. The third-order valence-electron chi connectivity index (χ3n) is 5.96. The minimum atomic E-state index is -0.0219. The number of aromatic nitrogens is 1. The lowest BCUT2D eigenvalue weighted by Crippen LogP contribution is -2.43. The van der Waals surface area contributed by atoms with Gasteiger partial charge in [0.15, 0.2) is 0 Å². The second-order valence-electron chi connectivity index (χ2n) is 8.84. The van der Waals surface area contributed by atoms with Crippen LogP contribution in [-0.2, 0) is 4.74 Å². The Morgan fingerprint density at radius 1 is 1.48 bits per heavy atom. The number of hydrogen-bond donors (Lipinski definition) is 2. The molecule has 2 N–H and O–H groups in total. The number of aliphatic imine (C=N–C) groups is 1. The van der Waals surface area contributed by atoms with E-state index in [0.29, 0.717) is 6.73 Å². The minimum absolute atomic E-state index is 0.0219. The number of rotatable bonds is 11. The summed E-state index contributed by atoms with van der Waals surface area (Å²) in [6.45, 7) is 8.60. The van der Waals surface area contributed by atoms with Crippen molar-refractivity contribution >= 4 is 24.1 Å². The summed E-state index contributed by atoms with van der Waals surface area (Å²) in [5, 5.41) is 3.46. The molecule has 0 saturated heterocycles. The van der Waals surface area contributed by atoms with Gasteiger partial charge in [0.1, 0.15) is 6.73 Å². The molecular formula is C23H38N4OS. The van der Waals surface area contributed by atoms with Gasteiger partial charge in [-0.05, 0) is 52.6 Å². The van der Waals surface area contributed by atoms with Gasteiger partial charge < -0.3 is 19.9 Å². The fraction of sp³-hybridized carbons (Fsp3) is 0.652. The average molecular weight is 419 g/mol. The summed E-state index contributed by atoms with van der Waals surface area (Å²) in [6, 6.07) is 2.01. The van der Waals surface area contributed by atoms with Crippen LogP contribution in [0.4, 0.5) is 5.69 Å². The summed E-state index contributed by atoms with van der Waals surface area (Å²) in [5.74, 6) is 0. The molecule has 0 aromatic carbocycles. The average Bonchev–Trinajstić information content (AvgIpc) is 2.69. The molecule has 29 heavy (non-hydrogen) atoms. The molecule has 0 amide bonds. The highest BCUT2D eigenvalue weighted by Crippen LogP contribution is 2.30. The first-order valence-electron chi connectivity index (χ1n) is 10.6. The number of pyridine rings is 1. The second kappa shape index (κ2) is 11.0. The highest BCUT2D eigenvalue weighted by atomic mass is 32.1. The zero-order valence-electron chi connectivity index (χ0n) is 18.8. The summed E-state index contributed by atoms with van der Waals surface area (Å²) in [7, 11) is 4.10. The smallest absolute Gasteiger partial charge is 0.137 e. The monoisotopic (exact) mass is 418 g/mol. The maximum Gasteiger partial charge on any atom is 0.137 e. The van der Waals surface area contributed by atoms with Crippen LogP contribution in [0.25, 0.3) is 0 Å². The summed E-state index contributed by atoms with van der Waals surface area (Å²) in [5.41, 5.74) is 2.30. The topological polar surface area (TPSA) is 52.7 Å². The molecule has 5 nitrogen and oxygen atoms in total. The third kappa shape index (κ3) is 7.68. The van der Waals surface area contributed by atoms with Crippen LogP contribution >= 0.6 is 12.2 Å². The van der Waals surface area contributed by atoms with Gasteiger partial charge in [0.05, 0.1) is 16.8 Å². The number of H-pyrrole nitrogens is 1. The number of aryl methyl sites for hydroxylation is 1. The number of ether oxygens (including phenoxy) is 1. The SMILES string of the molecule is CNC(C)(CC=NCOCC1(C)C=CCCC1)CCN(C)c1c[nH]c(C)cc1=S. The Morgan fingerprint density at radius 2 is 2.28 bits per heavy atom. The van der Waals surface area contributed by atoms with Crippen LogP contribution in [0.5, 0.6) is 0 Å². The molecule has 1 aromatic heterocycles. The Balaban J connectivity index is 1.76. The second-order valence-corrected chi connectivity index (χ2v) is 9.28. The standard InChI is InChI=1S/C23H38N4OS/c1-19-15-21(29)20(16-26-19)27(5)14-12-23(3,24-4)11-13-25-18-28-17-22(2)9-7-6-8-10-22/h7,9,13,15-16,24H,6,8,10-12,14,17-18H2,1-5H3,(H,26,29). The zero-order chi connectivity index (χ0) is 21.3. The van der Waals surface area contributed by atoms with Crippen molar-refractivity contribution in [2.24, 2.45) is 10.4 Å². The van der Waals surface area contributed by atoms with Gasteiger partial charge in [-0.1, -0.05) is 31.3 Å². The van der Waals surface area contributed by atoms with Gasteiger partial charge in [0, 0.05) is 49.1 Å². The number of nitrogens with zero attached hydrogens (tertiary/aromatic N) is 2. The van der Waals surface area contributed by atoms with Gasteiger partial charge >= 0.3 is 0 Å². The molecule has 1 heterocycles. The molecule has 2 rings (SSSR count). The van der Waals surface area contributed by atoms with Gasteiger partial charge in [0.25, 0.3) is 0 Å². The number of aromatic amines is 1. The third-order valence-corrected chi connectivity index (χ3v) is 6.28. The van der Waals surface area contributed by atoms with E-state index in [2.05, 4.69) is 53.2 Å². The van der Waals surface area contributed by atoms with Crippen molar-refractivity contribution in [1.29, 1.82) is 0 Å². The van der Waals surface area contributed by atoms with Gasteiger partial charge in [-0.2, -0.15) is 0 Å². The molecule has 0 fully saturated rings. The van der Waals surface area contributed by atoms with Crippen LogP contribution in [0.15, 0.2) is 29.4 Å². The first-order chi connectivity index (χ1) is 13.8. The fourth-order valence-electron chi connectivity index (χ4n) is 3.57. The van der Waals surface area contributed by atoms with Crippen LogP contribution < -0.4 is 10.2 Å². The van der Waals surface area contributed by atoms with Crippen molar-refractivity contribution in [3.05, 3.63) is 34.6 Å². The van der Waals surface area contributed by atoms with Crippen LogP contribution in [0.2, 0.25) is 0 Å². The van der Waals surface area contributed by atoms with Crippen LogP contribution in [-0.4, -0.2) is 50.7 Å². The molecule has 0 saturated carbocycles. The number of hydrogen-bond acceptors (Lipinski definition) is 5. The lowest BCUT2D eigenvalue weighted by molar-refractivity contribution is 0.0744. The Labute approximate surface area is 181 Å². The molecule has 1 aliphatic carbocycles. The Hall–Kier alpha value is -1.50. The molecular weight excluding hydrogens is 380 g/mol. The normalized spacial score (nSPS) is 21.4. The van der Waals surface area contributed by atoms with E-state index in [-0.39, 0.29) is 11.0 Å². The van der Waals surface area contributed by atoms with Crippen LogP contribution in [0, 0.1) is 16.8 Å². The van der Waals surface area contributed by atoms with Crippen molar-refractivity contribution < 1.29 is 4.74 Å². The Morgan fingerprint density at radius 3 is 2.93 bits per heavy atom. The number of nitrogens with one attached hydrogen (secondary N) is 2. The van der Waals surface area contributed by atoms with Gasteiger partial charge in [-0.3, -0.25) is 4.99 Å². The molecule has 1 aliphatic rings. The molecule has 162 valence electrons. The first kappa shape index (κ1) is 23.8. The predicted octanol–water partition coefficient (Wildman–Crippen LogP) is 5.04. The van der Waals surface area contributed by atoms with E-state index in [1.165, 1.54) is 19.3 Å². The van der Waals surface area contributed by atoms with E-state index in [4.69, 9.17) is 17.0 Å². The fourth-order valence-corrected chi connectivity index (χ4v) is 3.96. The molecule has 2 unspecified atom stereocenters. The molecule has 0 spiro atoms. The molecule has 6 heteroatoms. The molecule has 2 atom stereocenters. The first-order valence-corrected chi connectivity index (χ1v) is 11.0. The predicted molar refractivity (Wildman–Crippen MR) is 127 cm³/mol. The molecule has 0 bridgehead atoms. The quantitative estimate of drug-likeness (QED) is 0.229. The maximum absolute atomic E-state index is 5.81. The summed E-state index contributed by atoms with van der Waals surface area (Å²) in [4.78, 5) is 9.95. The van der Waals surface area contributed by atoms with Crippen LogP contribution in [0.3, 0.4) is 0 Å². The number of allylic oxidation sites excluding steroid dienone is 1. The van der Waals surface area contributed by atoms with E-state index in [0.717, 1.165) is 41.9 Å². The minimum Gasteiger partial charge on any atom is -0.372 e. The van der Waals surface area contributed by atoms with E-state index in [1.54, 1.807) is 0 Å². The highest BCUT2D eigenvalue weighted by Gasteiger charge is 2.23. The summed E-state index contributed by atoms with van der Waals surface area (Å²) in [6.07, 6.45) is 14.1. The lowest BCUT2D eigenvalue weighted by atomic mass is 9.82. The number of anilines is 1. The highest BCUT2D eigenvalue weighted by molar-refractivity contribution is 7.71. The summed E-state index contributed by atoms with van der Waals surface area (Å²) < 4.78 is 6.69. The molecule has 1 aromatic rings. The van der Waals surface area contributed by atoms with Gasteiger partial charge in [0.2, 0.25) is 0 Å². The van der Waals surface area contributed by atoms with Gasteiger partial charge in [-0.25, -0.2) is 0 Å². The summed E-state index contributed by atoms with van der Waals surface area (Å²) >= 11 is 5.50. The van der Waals surface area contributed by atoms with E-state index >= 15 is 0 Å². The zero-order valence-corrected chi connectivity index (χ0v) is 19.6. The lowest BCUT2D eigenvalue weighted by Gasteiger charge is -2.31. The van der Waals surface area contributed by atoms with Crippen molar-refractivity contribution in [2.45, 2.75) is 58.4 Å². The van der Waals surface area contributed by atoms with Crippen molar-refractivity contribution in [2.75, 3.05) is 38.9 Å². The van der Waals surface area contributed by atoms with E-state index < -0.39 is 0 Å². The van der Waals surface area contributed by atoms with Gasteiger partial charge in [-0.15, -0.1) is 0 Å².